The van der Waals surface area contributed by atoms with Gasteiger partial charge in [-0.25, -0.2) is 4.39 Å². The first kappa shape index (κ1) is 12.8. The molecular weight excluding hydrogens is 251 g/mol. The van der Waals surface area contributed by atoms with Crippen LogP contribution in [-0.4, -0.2) is 5.78 Å². The Bertz CT molecular complexity index is 566. The molecular formula is C15H12ClFO. The molecule has 0 N–H and O–H groups in total. The fraction of sp³-hybridized carbons (Fsp3) is 0.133. The van der Waals surface area contributed by atoms with Gasteiger partial charge in [0.05, 0.1) is 5.02 Å². The lowest BCUT2D eigenvalue weighted by atomic mass is 9.97. The fourth-order valence-electron chi connectivity index (χ4n) is 1.80. The zero-order valence-corrected chi connectivity index (χ0v) is 10.9. The number of benzene rings is 2. The van der Waals surface area contributed by atoms with Crippen LogP contribution in [0.5, 0.6) is 0 Å². The van der Waals surface area contributed by atoms with Crippen LogP contribution in [0.15, 0.2) is 36.4 Å². The number of halogens is 2. The summed E-state index contributed by atoms with van der Waals surface area (Å²) in [4.78, 5) is 12.3. The predicted octanol–water partition coefficient (Wildman–Crippen LogP) is 4.33. The summed E-state index contributed by atoms with van der Waals surface area (Å²) in [5, 5.41) is 0.266. The summed E-state index contributed by atoms with van der Waals surface area (Å²) in [6.45, 7) is 3.75. The zero-order chi connectivity index (χ0) is 13.3. The Hall–Kier alpha value is -1.67. The van der Waals surface area contributed by atoms with E-state index in [4.69, 9.17) is 11.6 Å². The van der Waals surface area contributed by atoms with Crippen LogP contribution in [0.25, 0.3) is 0 Å². The second-order valence-electron chi connectivity index (χ2n) is 4.27. The highest BCUT2D eigenvalue weighted by atomic mass is 35.5. The van der Waals surface area contributed by atoms with E-state index in [0.717, 1.165) is 11.1 Å². The molecule has 0 radical (unpaired) electrons. The van der Waals surface area contributed by atoms with Gasteiger partial charge < -0.3 is 0 Å². The second kappa shape index (κ2) is 4.91. The van der Waals surface area contributed by atoms with E-state index in [1.54, 1.807) is 6.07 Å². The first-order valence-corrected chi connectivity index (χ1v) is 5.94. The lowest BCUT2D eigenvalue weighted by Gasteiger charge is -2.08. The van der Waals surface area contributed by atoms with Gasteiger partial charge in [0.25, 0.3) is 0 Å². The van der Waals surface area contributed by atoms with Crippen LogP contribution in [0, 0.1) is 19.7 Å². The van der Waals surface area contributed by atoms with E-state index in [1.807, 2.05) is 26.0 Å². The van der Waals surface area contributed by atoms with Crippen LogP contribution in [0.2, 0.25) is 5.02 Å². The molecule has 2 rings (SSSR count). The largest absolute Gasteiger partial charge is 0.289 e. The minimum absolute atomic E-state index is 0.199. The molecule has 0 atom stereocenters. The Morgan fingerprint density at radius 2 is 1.78 bits per heavy atom. The van der Waals surface area contributed by atoms with Crippen molar-refractivity contribution in [3.05, 3.63) is 69.5 Å². The first-order valence-electron chi connectivity index (χ1n) is 5.56. The van der Waals surface area contributed by atoms with Gasteiger partial charge in [-0.15, -0.1) is 0 Å². The lowest BCUT2D eigenvalue weighted by molar-refractivity contribution is 0.103. The molecule has 0 amide bonds. The molecule has 0 aromatic heterocycles. The number of hydrogen-bond donors (Lipinski definition) is 0. The minimum atomic E-state index is -0.465. The van der Waals surface area contributed by atoms with Crippen LogP contribution in [-0.2, 0) is 0 Å². The molecule has 18 heavy (non-hydrogen) atoms. The van der Waals surface area contributed by atoms with E-state index in [2.05, 4.69) is 0 Å². The van der Waals surface area contributed by atoms with E-state index in [-0.39, 0.29) is 16.4 Å². The topological polar surface area (TPSA) is 17.1 Å². The molecule has 92 valence electrons. The highest BCUT2D eigenvalue weighted by Crippen LogP contribution is 2.22. The molecule has 0 heterocycles. The number of carbonyl (C=O) groups excluding carboxylic acids is 1. The molecule has 0 saturated carbocycles. The average molecular weight is 263 g/mol. The highest BCUT2D eigenvalue weighted by Gasteiger charge is 2.15. The number of carbonyl (C=O) groups is 1. The van der Waals surface area contributed by atoms with Crippen molar-refractivity contribution in [1.29, 1.82) is 0 Å². The SMILES string of the molecule is Cc1ccc(C)c(C(=O)c2cc(F)ccc2Cl)c1. The Balaban J connectivity index is 2.54. The van der Waals surface area contributed by atoms with Crippen molar-refractivity contribution in [2.75, 3.05) is 0 Å². The average Bonchev–Trinajstić information content (AvgIpc) is 2.34. The summed E-state index contributed by atoms with van der Waals surface area (Å²) in [6, 6.07) is 9.40. The van der Waals surface area contributed by atoms with E-state index >= 15 is 0 Å². The summed E-state index contributed by atoms with van der Waals surface area (Å²) in [5.41, 5.74) is 2.59. The molecule has 0 bridgehead atoms. The smallest absolute Gasteiger partial charge is 0.194 e. The van der Waals surface area contributed by atoms with Gasteiger partial charge in [0.1, 0.15) is 5.82 Å². The van der Waals surface area contributed by atoms with Gasteiger partial charge in [-0.05, 0) is 43.7 Å². The van der Waals surface area contributed by atoms with Crippen molar-refractivity contribution in [3.63, 3.8) is 0 Å². The van der Waals surface area contributed by atoms with E-state index in [9.17, 15) is 9.18 Å². The van der Waals surface area contributed by atoms with Crippen molar-refractivity contribution in [2.24, 2.45) is 0 Å². The third-order valence-corrected chi connectivity index (χ3v) is 3.14. The van der Waals surface area contributed by atoms with Gasteiger partial charge in [-0.2, -0.15) is 0 Å². The summed E-state index contributed by atoms with van der Waals surface area (Å²) in [5.74, 6) is -0.714. The molecule has 0 fully saturated rings. The standard InChI is InChI=1S/C15H12ClFO/c1-9-3-4-10(2)12(7-9)15(18)13-8-11(17)5-6-14(13)16/h3-8H,1-2H3. The number of hydrogen-bond acceptors (Lipinski definition) is 1. The predicted molar refractivity (Wildman–Crippen MR) is 70.8 cm³/mol. The molecule has 0 aliphatic rings. The number of rotatable bonds is 2. The molecule has 3 heteroatoms. The molecule has 0 saturated heterocycles. The van der Waals surface area contributed by atoms with E-state index in [1.165, 1.54) is 18.2 Å². The summed E-state index contributed by atoms with van der Waals surface area (Å²) < 4.78 is 13.2. The van der Waals surface area contributed by atoms with Gasteiger partial charge in [0.15, 0.2) is 5.78 Å². The number of aryl methyl sites for hydroxylation is 2. The first-order chi connectivity index (χ1) is 8.49. The Labute approximate surface area is 110 Å². The maximum atomic E-state index is 13.2. The molecule has 0 aliphatic carbocycles. The van der Waals surface area contributed by atoms with Crippen molar-refractivity contribution in [1.82, 2.24) is 0 Å². The Morgan fingerprint density at radius 1 is 1.06 bits per heavy atom. The van der Waals surface area contributed by atoms with Crippen molar-refractivity contribution < 1.29 is 9.18 Å². The maximum Gasteiger partial charge on any atom is 0.194 e. The molecule has 2 aromatic carbocycles. The summed E-state index contributed by atoms with van der Waals surface area (Å²) in [6.07, 6.45) is 0. The lowest BCUT2D eigenvalue weighted by Crippen LogP contribution is -2.05. The van der Waals surface area contributed by atoms with Crippen LogP contribution in [0.3, 0.4) is 0 Å². The van der Waals surface area contributed by atoms with E-state index in [0.29, 0.717) is 5.56 Å². The third-order valence-electron chi connectivity index (χ3n) is 2.81. The van der Waals surface area contributed by atoms with Crippen LogP contribution < -0.4 is 0 Å². The van der Waals surface area contributed by atoms with Gasteiger partial charge in [0.2, 0.25) is 0 Å². The van der Waals surface area contributed by atoms with Crippen LogP contribution in [0.1, 0.15) is 27.0 Å². The molecule has 0 unspecified atom stereocenters. The quantitative estimate of drug-likeness (QED) is 0.737. The molecule has 2 aromatic rings. The molecule has 1 nitrogen and oxygen atoms in total. The van der Waals surface area contributed by atoms with Crippen LogP contribution in [0.4, 0.5) is 4.39 Å². The monoisotopic (exact) mass is 262 g/mol. The van der Waals surface area contributed by atoms with Gasteiger partial charge in [-0.1, -0.05) is 29.3 Å². The summed E-state index contributed by atoms with van der Waals surface area (Å²) >= 11 is 5.95. The van der Waals surface area contributed by atoms with E-state index < -0.39 is 5.82 Å². The molecule has 0 spiro atoms. The van der Waals surface area contributed by atoms with Gasteiger partial charge in [-0.3, -0.25) is 4.79 Å². The van der Waals surface area contributed by atoms with Gasteiger partial charge >= 0.3 is 0 Å². The fourth-order valence-corrected chi connectivity index (χ4v) is 2.00. The number of ketones is 1. The zero-order valence-electron chi connectivity index (χ0n) is 10.1. The summed E-state index contributed by atoms with van der Waals surface area (Å²) in [7, 11) is 0. The highest BCUT2D eigenvalue weighted by molar-refractivity contribution is 6.35. The normalized spacial score (nSPS) is 10.4. The molecule has 0 aliphatic heterocycles. The maximum absolute atomic E-state index is 13.2. The third kappa shape index (κ3) is 2.44. The van der Waals surface area contributed by atoms with Crippen molar-refractivity contribution in [3.8, 4) is 0 Å². The van der Waals surface area contributed by atoms with Crippen molar-refractivity contribution in [2.45, 2.75) is 13.8 Å². The second-order valence-corrected chi connectivity index (χ2v) is 4.68. The van der Waals surface area contributed by atoms with Crippen molar-refractivity contribution >= 4 is 17.4 Å². The minimum Gasteiger partial charge on any atom is -0.289 e. The van der Waals surface area contributed by atoms with Gasteiger partial charge in [0, 0.05) is 11.1 Å². The Kier molecular flexibility index (Phi) is 3.48. The van der Waals surface area contributed by atoms with Crippen LogP contribution >= 0.6 is 11.6 Å². The Morgan fingerprint density at radius 3 is 2.50 bits per heavy atom.